The Morgan fingerprint density at radius 1 is 0.784 bits per heavy atom. The van der Waals surface area contributed by atoms with Crippen LogP contribution >= 0.6 is 0 Å². The van der Waals surface area contributed by atoms with Crippen LogP contribution in [0.3, 0.4) is 0 Å². The van der Waals surface area contributed by atoms with Crippen LogP contribution < -0.4 is 10.1 Å². The van der Waals surface area contributed by atoms with Crippen LogP contribution in [0.4, 0.5) is 0 Å². The molecule has 37 heavy (non-hydrogen) atoms. The van der Waals surface area contributed by atoms with E-state index in [0.29, 0.717) is 0 Å². The molecular formula is C35H45NO. The standard InChI is InChI=1S/C35H45NO/c1-6-25-11-7-8-12-29(25)26-14-18-33(37-22-10-9-21-36-28-15-16-28)30(23-26)27-13-17-31-32(24-27)35(4,5)20-19-34(31,2)3/h7-8,11-14,17-18,23-24,28,36H,6,9-10,15-16,19-22H2,1-5H3. The van der Waals surface area contributed by atoms with E-state index in [9.17, 15) is 0 Å². The summed E-state index contributed by atoms with van der Waals surface area (Å²) in [6.45, 7) is 13.7. The fraction of sp³-hybridized carbons (Fsp3) is 0.486. The normalized spacial score (nSPS) is 17.9. The van der Waals surface area contributed by atoms with Gasteiger partial charge in [-0.25, -0.2) is 0 Å². The molecule has 0 atom stereocenters. The van der Waals surface area contributed by atoms with E-state index in [0.717, 1.165) is 44.2 Å². The fourth-order valence-corrected chi connectivity index (χ4v) is 5.92. The summed E-state index contributed by atoms with van der Waals surface area (Å²) in [5.41, 5.74) is 9.87. The highest BCUT2D eigenvalue weighted by molar-refractivity contribution is 5.79. The SMILES string of the molecule is CCc1ccccc1-c1ccc(OCCCCNC2CC2)c(-c2ccc3c(c2)C(C)(C)CCC3(C)C)c1. The van der Waals surface area contributed by atoms with Crippen LogP contribution in [0.15, 0.2) is 60.7 Å². The predicted molar refractivity (Wildman–Crippen MR) is 158 cm³/mol. The maximum absolute atomic E-state index is 6.47. The molecule has 1 saturated carbocycles. The molecule has 0 aliphatic heterocycles. The Labute approximate surface area is 224 Å². The summed E-state index contributed by atoms with van der Waals surface area (Å²) >= 11 is 0. The first-order chi connectivity index (χ1) is 17.8. The molecule has 2 aliphatic rings. The highest BCUT2D eigenvalue weighted by Crippen LogP contribution is 2.47. The molecule has 0 aromatic heterocycles. The van der Waals surface area contributed by atoms with Gasteiger partial charge in [0.05, 0.1) is 6.61 Å². The highest BCUT2D eigenvalue weighted by atomic mass is 16.5. The minimum atomic E-state index is 0.183. The summed E-state index contributed by atoms with van der Waals surface area (Å²) in [5, 5.41) is 3.62. The predicted octanol–water partition coefficient (Wildman–Crippen LogP) is 8.84. The molecule has 0 spiro atoms. The van der Waals surface area contributed by atoms with Crippen LogP contribution in [0.2, 0.25) is 0 Å². The van der Waals surface area contributed by atoms with Gasteiger partial charge in [0.15, 0.2) is 0 Å². The third-order valence-electron chi connectivity index (χ3n) is 8.69. The summed E-state index contributed by atoms with van der Waals surface area (Å²) in [5.74, 6) is 1.00. The Kier molecular flexibility index (Phi) is 7.50. The number of fused-ring (bicyclic) bond motifs is 1. The van der Waals surface area contributed by atoms with Crippen molar-refractivity contribution < 1.29 is 4.74 Å². The molecule has 0 bridgehead atoms. The second-order valence-corrected chi connectivity index (χ2v) is 12.5. The summed E-state index contributed by atoms with van der Waals surface area (Å²) in [6.07, 6.45) is 8.42. The quantitative estimate of drug-likeness (QED) is 0.284. The van der Waals surface area contributed by atoms with E-state index in [1.165, 1.54) is 64.6 Å². The first-order valence-electron chi connectivity index (χ1n) is 14.5. The maximum atomic E-state index is 6.47. The van der Waals surface area contributed by atoms with E-state index in [2.05, 4.69) is 101 Å². The molecule has 3 aromatic rings. The minimum Gasteiger partial charge on any atom is -0.493 e. The largest absolute Gasteiger partial charge is 0.493 e. The van der Waals surface area contributed by atoms with E-state index in [-0.39, 0.29) is 10.8 Å². The van der Waals surface area contributed by atoms with Crippen LogP contribution in [0.25, 0.3) is 22.3 Å². The number of ether oxygens (including phenoxy) is 1. The zero-order valence-electron chi connectivity index (χ0n) is 23.6. The molecule has 5 rings (SSSR count). The Bertz CT molecular complexity index is 1230. The molecule has 196 valence electrons. The second kappa shape index (κ2) is 10.7. The molecule has 0 amide bonds. The summed E-state index contributed by atoms with van der Waals surface area (Å²) in [6, 6.07) is 23.6. The monoisotopic (exact) mass is 495 g/mol. The Hall–Kier alpha value is -2.58. The molecule has 2 aliphatic carbocycles. The van der Waals surface area contributed by atoms with Crippen molar-refractivity contribution in [2.45, 2.75) is 96.4 Å². The average Bonchev–Trinajstić information content (AvgIpc) is 3.73. The fourth-order valence-electron chi connectivity index (χ4n) is 5.92. The van der Waals surface area contributed by atoms with Gasteiger partial charge in [-0.05, 0) is 108 Å². The topological polar surface area (TPSA) is 21.3 Å². The molecule has 0 saturated heterocycles. The third kappa shape index (κ3) is 5.80. The minimum absolute atomic E-state index is 0.183. The number of rotatable bonds is 10. The zero-order chi connectivity index (χ0) is 26.0. The van der Waals surface area contributed by atoms with E-state index >= 15 is 0 Å². The number of benzene rings is 3. The lowest BCUT2D eigenvalue weighted by Crippen LogP contribution is -2.33. The van der Waals surface area contributed by atoms with Gasteiger partial charge in [-0.2, -0.15) is 0 Å². The van der Waals surface area contributed by atoms with Crippen LogP contribution in [-0.2, 0) is 17.3 Å². The molecule has 0 radical (unpaired) electrons. The number of hydrogen-bond donors (Lipinski definition) is 1. The van der Waals surface area contributed by atoms with E-state index in [1.54, 1.807) is 0 Å². The molecule has 3 aromatic carbocycles. The van der Waals surface area contributed by atoms with Gasteiger partial charge < -0.3 is 10.1 Å². The molecule has 0 heterocycles. The first kappa shape index (κ1) is 26.0. The molecule has 0 unspecified atom stereocenters. The van der Waals surface area contributed by atoms with Crippen molar-refractivity contribution in [3.05, 3.63) is 77.4 Å². The van der Waals surface area contributed by atoms with Gasteiger partial charge in [-0.3, -0.25) is 0 Å². The molecular weight excluding hydrogens is 450 g/mol. The lowest BCUT2D eigenvalue weighted by Gasteiger charge is -2.42. The summed E-state index contributed by atoms with van der Waals surface area (Å²) < 4.78 is 6.47. The van der Waals surface area contributed by atoms with E-state index < -0.39 is 0 Å². The third-order valence-corrected chi connectivity index (χ3v) is 8.69. The van der Waals surface area contributed by atoms with Crippen molar-refractivity contribution in [2.75, 3.05) is 13.2 Å². The van der Waals surface area contributed by atoms with Crippen molar-refractivity contribution in [3.8, 4) is 28.0 Å². The molecule has 1 N–H and O–H groups in total. The van der Waals surface area contributed by atoms with Crippen molar-refractivity contribution in [3.63, 3.8) is 0 Å². The Balaban J connectivity index is 1.49. The second-order valence-electron chi connectivity index (χ2n) is 12.5. The van der Waals surface area contributed by atoms with Gasteiger partial charge in [0.2, 0.25) is 0 Å². The summed E-state index contributed by atoms with van der Waals surface area (Å²) in [7, 11) is 0. The average molecular weight is 496 g/mol. The highest BCUT2D eigenvalue weighted by Gasteiger charge is 2.37. The zero-order valence-corrected chi connectivity index (χ0v) is 23.6. The number of unbranched alkanes of at least 4 members (excludes halogenated alkanes) is 1. The number of nitrogens with one attached hydrogen (secondary N) is 1. The van der Waals surface area contributed by atoms with Crippen molar-refractivity contribution in [1.82, 2.24) is 5.32 Å². The van der Waals surface area contributed by atoms with Gasteiger partial charge in [0.25, 0.3) is 0 Å². The van der Waals surface area contributed by atoms with Crippen LogP contribution in [0.1, 0.15) is 89.8 Å². The van der Waals surface area contributed by atoms with Crippen molar-refractivity contribution >= 4 is 0 Å². The van der Waals surface area contributed by atoms with Crippen molar-refractivity contribution in [1.29, 1.82) is 0 Å². The summed E-state index contributed by atoms with van der Waals surface area (Å²) in [4.78, 5) is 0. The lowest BCUT2D eigenvalue weighted by atomic mass is 9.63. The molecule has 2 heteroatoms. The Morgan fingerprint density at radius 2 is 1.49 bits per heavy atom. The van der Waals surface area contributed by atoms with Crippen LogP contribution in [-0.4, -0.2) is 19.2 Å². The van der Waals surface area contributed by atoms with Gasteiger partial charge in [-0.15, -0.1) is 0 Å². The molecule has 1 fully saturated rings. The number of aryl methyl sites for hydroxylation is 1. The molecule has 2 nitrogen and oxygen atoms in total. The lowest BCUT2D eigenvalue weighted by molar-refractivity contribution is 0.307. The van der Waals surface area contributed by atoms with Crippen molar-refractivity contribution in [2.24, 2.45) is 0 Å². The van der Waals surface area contributed by atoms with Gasteiger partial charge >= 0.3 is 0 Å². The smallest absolute Gasteiger partial charge is 0.127 e. The van der Waals surface area contributed by atoms with Crippen LogP contribution in [0.5, 0.6) is 5.75 Å². The van der Waals surface area contributed by atoms with Gasteiger partial charge in [-0.1, -0.05) is 83.1 Å². The van der Waals surface area contributed by atoms with Gasteiger partial charge in [0.1, 0.15) is 5.75 Å². The van der Waals surface area contributed by atoms with Gasteiger partial charge in [0, 0.05) is 11.6 Å². The van der Waals surface area contributed by atoms with E-state index in [1.807, 2.05) is 0 Å². The van der Waals surface area contributed by atoms with E-state index in [4.69, 9.17) is 4.74 Å². The van der Waals surface area contributed by atoms with Crippen LogP contribution in [0, 0.1) is 0 Å². The Morgan fingerprint density at radius 3 is 2.24 bits per heavy atom. The first-order valence-corrected chi connectivity index (χ1v) is 14.5. The maximum Gasteiger partial charge on any atom is 0.127 e. The number of hydrogen-bond acceptors (Lipinski definition) is 2.